The topological polar surface area (TPSA) is 101 Å². The van der Waals surface area contributed by atoms with Crippen LogP contribution in [0.5, 0.6) is 0 Å². The van der Waals surface area contributed by atoms with Crippen LogP contribution in [-0.2, 0) is 0 Å². The van der Waals surface area contributed by atoms with Gasteiger partial charge in [-0.2, -0.15) is 5.26 Å². The summed E-state index contributed by atoms with van der Waals surface area (Å²) in [4.78, 5) is 8.84. The van der Waals surface area contributed by atoms with Gasteiger partial charge in [-0.3, -0.25) is 9.99 Å². The molecule has 1 aliphatic carbocycles. The number of nitrogens with one attached hydrogen (secondary N) is 4. The average Bonchev–Trinajstić information content (AvgIpc) is 3.72. The number of halogens is 2. The standard InChI is InChI=1S/C30H28Cl2N8/c1-2-25(18-7-4-3-5-8-18)37-27-19(15-33)16-35-28-23(27)13-20(14-24(28)31)36-29(22-9-6-12-34-30(22)32)26-17-40(39-38-26)21-10-11-21/h3-9,12-14,16-17,21,25,29,36,38-39H,2,10-11H2,1H3,(H,35,37)/t25-,29+/m1/s1. The molecule has 40 heavy (non-hydrogen) atoms. The Bertz CT molecular complexity index is 1610. The third kappa shape index (κ3) is 5.24. The summed E-state index contributed by atoms with van der Waals surface area (Å²) in [6.45, 7) is 2.11. The molecule has 1 aliphatic heterocycles. The van der Waals surface area contributed by atoms with Gasteiger partial charge in [0, 0.05) is 41.3 Å². The van der Waals surface area contributed by atoms with Gasteiger partial charge in [0.1, 0.15) is 11.2 Å². The molecule has 1 saturated carbocycles. The first-order chi connectivity index (χ1) is 19.6. The Morgan fingerprint density at radius 1 is 1.10 bits per heavy atom. The molecule has 6 rings (SSSR count). The zero-order valence-electron chi connectivity index (χ0n) is 21.8. The second-order valence-electron chi connectivity index (χ2n) is 9.95. The summed E-state index contributed by atoms with van der Waals surface area (Å²) in [5.74, 6) is 0. The van der Waals surface area contributed by atoms with Gasteiger partial charge >= 0.3 is 0 Å². The van der Waals surface area contributed by atoms with Crippen molar-refractivity contribution in [1.82, 2.24) is 25.9 Å². The molecule has 2 aromatic carbocycles. The Kier molecular flexibility index (Phi) is 7.35. The Labute approximate surface area is 243 Å². The lowest BCUT2D eigenvalue weighted by Gasteiger charge is -2.24. The number of benzene rings is 2. The number of hydrogen-bond acceptors (Lipinski definition) is 8. The van der Waals surface area contributed by atoms with Crippen LogP contribution >= 0.6 is 23.2 Å². The van der Waals surface area contributed by atoms with Crippen LogP contribution < -0.4 is 21.6 Å². The number of fused-ring (bicyclic) bond motifs is 1. The van der Waals surface area contributed by atoms with E-state index < -0.39 is 0 Å². The molecule has 3 heterocycles. The molecule has 202 valence electrons. The van der Waals surface area contributed by atoms with Crippen molar-refractivity contribution in [2.45, 2.75) is 44.3 Å². The predicted octanol–water partition coefficient (Wildman–Crippen LogP) is 6.85. The largest absolute Gasteiger partial charge is 0.377 e. The minimum Gasteiger partial charge on any atom is -0.377 e. The van der Waals surface area contributed by atoms with E-state index in [1.807, 2.05) is 42.5 Å². The fourth-order valence-electron chi connectivity index (χ4n) is 5.01. The summed E-state index contributed by atoms with van der Waals surface area (Å²) in [6.07, 6.45) is 8.44. The highest BCUT2D eigenvalue weighted by molar-refractivity contribution is 6.36. The first kappa shape index (κ1) is 26.2. The molecule has 4 N–H and O–H groups in total. The fraction of sp³-hybridized carbons (Fsp3) is 0.233. The van der Waals surface area contributed by atoms with E-state index in [2.05, 4.69) is 67.9 Å². The SMILES string of the molecule is CC[C@@H](Nc1c(C#N)cnc2c(Cl)cc(N[C@H](C3=CN(C4CC4)NN3)c3cccnc3Cl)cc12)c1ccccc1. The number of rotatable bonds is 9. The zero-order chi connectivity index (χ0) is 27.6. The number of pyridine rings is 2. The number of aromatic nitrogens is 2. The van der Waals surface area contributed by atoms with E-state index in [-0.39, 0.29) is 12.1 Å². The molecule has 8 nitrogen and oxygen atoms in total. The van der Waals surface area contributed by atoms with E-state index in [1.165, 1.54) is 0 Å². The Morgan fingerprint density at radius 2 is 1.93 bits per heavy atom. The van der Waals surface area contributed by atoms with E-state index >= 15 is 0 Å². The van der Waals surface area contributed by atoms with E-state index in [1.54, 1.807) is 12.4 Å². The molecule has 0 saturated heterocycles. The Balaban J connectivity index is 1.42. The van der Waals surface area contributed by atoms with Crippen molar-refractivity contribution in [3.05, 3.63) is 106 Å². The molecule has 1 fully saturated rings. The second-order valence-corrected chi connectivity index (χ2v) is 10.7. The zero-order valence-corrected chi connectivity index (χ0v) is 23.3. The highest BCUT2D eigenvalue weighted by Gasteiger charge is 2.33. The van der Waals surface area contributed by atoms with Gasteiger partial charge in [0.15, 0.2) is 0 Å². The van der Waals surface area contributed by atoms with Crippen molar-refractivity contribution in [2.24, 2.45) is 0 Å². The van der Waals surface area contributed by atoms with Crippen molar-refractivity contribution in [3.8, 4) is 6.07 Å². The molecule has 10 heteroatoms. The minimum absolute atomic E-state index is 0.00330. The first-order valence-corrected chi connectivity index (χ1v) is 14.0. The van der Waals surface area contributed by atoms with Gasteiger partial charge in [-0.05, 0) is 43.0 Å². The van der Waals surface area contributed by atoms with Gasteiger partial charge in [-0.25, -0.2) is 4.98 Å². The van der Waals surface area contributed by atoms with Gasteiger partial charge in [-0.15, -0.1) is 5.53 Å². The van der Waals surface area contributed by atoms with Crippen molar-refractivity contribution >= 4 is 45.5 Å². The summed E-state index contributed by atoms with van der Waals surface area (Å²) in [5, 5.41) is 20.9. The third-order valence-corrected chi connectivity index (χ3v) is 7.85. The first-order valence-electron chi connectivity index (χ1n) is 13.3. The van der Waals surface area contributed by atoms with E-state index in [0.29, 0.717) is 33.0 Å². The lowest BCUT2D eigenvalue weighted by molar-refractivity contribution is 0.260. The molecular weight excluding hydrogens is 543 g/mol. The Hall–Kier alpha value is -4.03. The lowest BCUT2D eigenvalue weighted by atomic mass is 10.0. The van der Waals surface area contributed by atoms with Gasteiger partial charge in [0.05, 0.1) is 39.6 Å². The van der Waals surface area contributed by atoms with E-state index in [4.69, 9.17) is 23.2 Å². The van der Waals surface area contributed by atoms with E-state index in [0.717, 1.165) is 47.2 Å². The van der Waals surface area contributed by atoms with Gasteiger partial charge in [-0.1, -0.05) is 66.5 Å². The maximum absolute atomic E-state index is 9.99. The second kappa shape index (κ2) is 11.2. The van der Waals surface area contributed by atoms with Crippen LogP contribution in [0.25, 0.3) is 10.9 Å². The number of nitrogens with zero attached hydrogens (tertiary/aromatic N) is 4. The molecule has 0 unspecified atom stereocenters. The molecule has 4 aromatic rings. The van der Waals surface area contributed by atoms with Crippen LogP contribution in [0.15, 0.2) is 78.9 Å². The van der Waals surface area contributed by atoms with Crippen LogP contribution in [0.2, 0.25) is 10.2 Å². The predicted molar refractivity (Wildman–Crippen MR) is 159 cm³/mol. The van der Waals surface area contributed by atoms with Gasteiger partial charge in [0.2, 0.25) is 0 Å². The molecule has 2 aromatic heterocycles. The normalized spacial score (nSPS) is 16.1. The third-order valence-electron chi connectivity index (χ3n) is 7.24. The highest BCUT2D eigenvalue weighted by atomic mass is 35.5. The summed E-state index contributed by atoms with van der Waals surface area (Å²) in [5.41, 5.74) is 11.9. The summed E-state index contributed by atoms with van der Waals surface area (Å²) < 4.78 is 0. The molecular formula is C30H28Cl2N8. The van der Waals surface area contributed by atoms with Crippen LogP contribution in [0, 0.1) is 11.3 Å². The average molecular weight is 572 g/mol. The summed E-state index contributed by atoms with van der Waals surface area (Å²) >= 11 is 13.4. The molecule has 0 amide bonds. The van der Waals surface area contributed by atoms with Crippen molar-refractivity contribution < 1.29 is 0 Å². The monoisotopic (exact) mass is 570 g/mol. The number of nitriles is 1. The maximum Gasteiger partial charge on any atom is 0.134 e. The van der Waals surface area contributed by atoms with Gasteiger partial charge < -0.3 is 16.1 Å². The van der Waals surface area contributed by atoms with Crippen LogP contribution in [0.1, 0.15) is 55.0 Å². The number of hydrazine groups is 2. The quantitative estimate of drug-likeness (QED) is 0.162. The van der Waals surface area contributed by atoms with E-state index in [9.17, 15) is 5.26 Å². The van der Waals surface area contributed by atoms with Crippen molar-refractivity contribution in [3.63, 3.8) is 0 Å². The number of anilines is 2. The molecule has 0 spiro atoms. The molecule has 2 aliphatic rings. The summed E-state index contributed by atoms with van der Waals surface area (Å²) in [6, 6.07) is 20.3. The molecule has 0 bridgehead atoms. The minimum atomic E-state index is -0.345. The lowest BCUT2D eigenvalue weighted by Crippen LogP contribution is -2.38. The molecule has 0 radical (unpaired) electrons. The van der Waals surface area contributed by atoms with Crippen LogP contribution in [0.3, 0.4) is 0 Å². The maximum atomic E-state index is 9.99. The van der Waals surface area contributed by atoms with Crippen LogP contribution in [0.4, 0.5) is 11.4 Å². The van der Waals surface area contributed by atoms with Crippen molar-refractivity contribution in [2.75, 3.05) is 10.6 Å². The smallest absolute Gasteiger partial charge is 0.134 e. The summed E-state index contributed by atoms with van der Waals surface area (Å²) in [7, 11) is 0. The number of hydrogen-bond donors (Lipinski definition) is 4. The van der Waals surface area contributed by atoms with Crippen LogP contribution in [-0.4, -0.2) is 21.0 Å². The highest BCUT2D eigenvalue weighted by Crippen LogP contribution is 2.38. The Morgan fingerprint density at radius 3 is 2.65 bits per heavy atom. The fourth-order valence-corrected chi connectivity index (χ4v) is 5.50. The molecule has 2 atom stereocenters. The van der Waals surface area contributed by atoms with Crippen molar-refractivity contribution in [1.29, 1.82) is 5.26 Å². The van der Waals surface area contributed by atoms with Gasteiger partial charge in [0.25, 0.3) is 0 Å².